The maximum absolute atomic E-state index is 8.36. The predicted molar refractivity (Wildman–Crippen MR) is 33.4 cm³/mol. The summed E-state index contributed by atoms with van der Waals surface area (Å²) in [5.74, 6) is 0. The molecule has 52 valence electrons. The molecule has 0 aromatic heterocycles. The second-order valence-electron chi connectivity index (χ2n) is 2.49. The Hall–Kier alpha value is -0.0800. The van der Waals surface area contributed by atoms with E-state index in [9.17, 15) is 0 Å². The van der Waals surface area contributed by atoms with Crippen molar-refractivity contribution in [1.29, 1.82) is 0 Å². The third-order valence-corrected chi connectivity index (χ3v) is 1.40. The van der Waals surface area contributed by atoms with Gasteiger partial charge >= 0.3 is 0 Å². The number of aliphatic hydroxyl groups is 2. The summed E-state index contributed by atoms with van der Waals surface area (Å²) in [7, 11) is 0. The summed E-state index contributed by atoms with van der Waals surface area (Å²) < 4.78 is 0. The minimum atomic E-state index is 0.667. The van der Waals surface area contributed by atoms with Crippen LogP contribution in [0.15, 0.2) is 0 Å². The summed E-state index contributed by atoms with van der Waals surface area (Å²) in [6.45, 7) is 0. The third kappa shape index (κ3) is 3.49. The van der Waals surface area contributed by atoms with Crippen molar-refractivity contribution in [2.24, 2.45) is 0 Å². The average molecular weight is 128 g/mol. The number of aliphatic hydroxyl groups excluding tert-OH is 2. The van der Waals surface area contributed by atoms with Crippen LogP contribution in [0.1, 0.15) is 32.1 Å². The van der Waals surface area contributed by atoms with Gasteiger partial charge in [-0.15, -0.1) is 0 Å². The monoisotopic (exact) mass is 128 g/mol. The molecule has 9 heavy (non-hydrogen) atoms. The first-order valence-corrected chi connectivity index (χ1v) is 3.36. The molecule has 2 saturated carbocycles. The topological polar surface area (TPSA) is 40.5 Å². The van der Waals surface area contributed by atoms with Gasteiger partial charge in [-0.25, -0.2) is 0 Å². The Morgan fingerprint density at radius 3 is 1.11 bits per heavy atom. The molecule has 2 radical (unpaired) electrons. The molecule has 0 aromatic carbocycles. The van der Waals surface area contributed by atoms with Gasteiger partial charge in [-0.05, 0) is 32.1 Å². The van der Waals surface area contributed by atoms with E-state index < -0.39 is 0 Å². The Bertz CT molecular complexity index is 75.0. The molecule has 0 heterocycles. The lowest BCUT2D eigenvalue weighted by molar-refractivity contribution is 0.210. The summed E-state index contributed by atoms with van der Waals surface area (Å²) in [5.41, 5.74) is 0. The molecule has 0 aliphatic heterocycles. The predicted octanol–water partition coefficient (Wildman–Crippen LogP) is 1.76. The molecule has 2 N–H and O–H groups in total. The summed E-state index contributed by atoms with van der Waals surface area (Å²) in [4.78, 5) is 0. The van der Waals surface area contributed by atoms with Crippen LogP contribution in [0.5, 0.6) is 0 Å². The highest BCUT2D eigenvalue weighted by molar-refractivity contribution is 4.91. The molecule has 0 saturated heterocycles. The highest BCUT2D eigenvalue weighted by atomic mass is 16.3. The smallest absolute Gasteiger partial charge is 0.0935 e. The highest BCUT2D eigenvalue weighted by Gasteiger charge is 2.17. The fourth-order valence-corrected chi connectivity index (χ4v) is 0.391. The first-order valence-electron chi connectivity index (χ1n) is 3.36. The van der Waals surface area contributed by atoms with Crippen molar-refractivity contribution in [3.05, 3.63) is 12.2 Å². The quantitative estimate of drug-likeness (QED) is 0.522. The van der Waals surface area contributed by atoms with Crippen LogP contribution in [-0.2, 0) is 0 Å². The van der Waals surface area contributed by atoms with Gasteiger partial charge in [0.25, 0.3) is 0 Å². The maximum Gasteiger partial charge on any atom is 0.0935 e. The van der Waals surface area contributed by atoms with Gasteiger partial charge < -0.3 is 10.2 Å². The third-order valence-electron chi connectivity index (χ3n) is 1.40. The largest absolute Gasteiger partial charge is 0.387 e. The Morgan fingerprint density at radius 1 is 0.778 bits per heavy atom. The van der Waals surface area contributed by atoms with Gasteiger partial charge in [-0.1, -0.05) is 0 Å². The van der Waals surface area contributed by atoms with Gasteiger partial charge in [0.1, 0.15) is 0 Å². The summed E-state index contributed by atoms with van der Waals surface area (Å²) in [6.07, 6.45) is 6.39. The number of hydrogen-bond donors (Lipinski definition) is 2. The van der Waals surface area contributed by atoms with Crippen LogP contribution in [0.2, 0.25) is 0 Å². The van der Waals surface area contributed by atoms with Crippen LogP contribution < -0.4 is 0 Å². The lowest BCUT2D eigenvalue weighted by Crippen LogP contribution is -2.05. The van der Waals surface area contributed by atoms with Crippen LogP contribution in [0, 0.1) is 12.2 Å². The lowest BCUT2D eigenvalue weighted by Gasteiger charge is -2.16. The van der Waals surface area contributed by atoms with Crippen molar-refractivity contribution in [2.45, 2.75) is 32.1 Å². The first kappa shape index (κ1) is 7.03. The SMILES string of the molecule is O[C]1CC1.O[C]1CCC1. The molecule has 0 unspecified atom stereocenters. The van der Waals surface area contributed by atoms with Gasteiger partial charge in [0, 0.05) is 0 Å². The van der Waals surface area contributed by atoms with E-state index in [4.69, 9.17) is 10.2 Å². The normalized spacial score (nSPS) is 26.0. The standard InChI is InChI=1S/C4H7O.C3H5O/c5-4-2-1-3-4;4-3-1-2-3/h5H,1-3H2;4H,1-2H2. The van der Waals surface area contributed by atoms with Crippen molar-refractivity contribution in [3.8, 4) is 0 Å². The van der Waals surface area contributed by atoms with Crippen LogP contribution in [0.4, 0.5) is 0 Å². The maximum atomic E-state index is 8.36. The Morgan fingerprint density at radius 2 is 1.11 bits per heavy atom. The average Bonchev–Trinajstić information content (AvgIpc) is 2.47. The summed E-state index contributed by atoms with van der Waals surface area (Å²) in [6, 6.07) is 0. The molecule has 2 aliphatic carbocycles. The van der Waals surface area contributed by atoms with E-state index in [2.05, 4.69) is 0 Å². The zero-order chi connectivity index (χ0) is 6.69. The number of rotatable bonds is 0. The van der Waals surface area contributed by atoms with Crippen LogP contribution >= 0.6 is 0 Å². The second-order valence-corrected chi connectivity index (χ2v) is 2.49. The second kappa shape index (κ2) is 3.18. The van der Waals surface area contributed by atoms with E-state index in [1.54, 1.807) is 0 Å². The van der Waals surface area contributed by atoms with E-state index in [0.29, 0.717) is 12.2 Å². The summed E-state index contributed by atoms with van der Waals surface area (Å²) >= 11 is 0. The summed E-state index contributed by atoms with van der Waals surface area (Å²) in [5, 5.41) is 16.4. The Balaban J connectivity index is 0.0000000922. The highest BCUT2D eigenvalue weighted by Crippen LogP contribution is 2.26. The van der Waals surface area contributed by atoms with Crippen LogP contribution in [0.25, 0.3) is 0 Å². The fourth-order valence-electron chi connectivity index (χ4n) is 0.391. The molecule has 0 aromatic rings. The van der Waals surface area contributed by atoms with Gasteiger partial charge in [-0.2, -0.15) is 0 Å². The molecular weight excluding hydrogens is 116 g/mol. The molecule has 0 amide bonds. The molecule has 2 nitrogen and oxygen atoms in total. The molecular formula is C7H12O2. The molecule has 0 atom stereocenters. The molecule has 2 rings (SSSR count). The Labute approximate surface area is 55.5 Å². The van der Waals surface area contributed by atoms with Crippen molar-refractivity contribution in [3.63, 3.8) is 0 Å². The van der Waals surface area contributed by atoms with Crippen molar-refractivity contribution in [2.75, 3.05) is 0 Å². The van der Waals surface area contributed by atoms with E-state index in [1.165, 1.54) is 6.42 Å². The van der Waals surface area contributed by atoms with Gasteiger partial charge in [-0.3, -0.25) is 0 Å². The van der Waals surface area contributed by atoms with Gasteiger partial charge in [0.2, 0.25) is 0 Å². The molecule has 2 heteroatoms. The van der Waals surface area contributed by atoms with Crippen molar-refractivity contribution in [1.82, 2.24) is 0 Å². The van der Waals surface area contributed by atoms with E-state index in [-0.39, 0.29) is 0 Å². The molecule has 2 aliphatic rings. The van der Waals surface area contributed by atoms with Crippen molar-refractivity contribution < 1.29 is 10.2 Å². The number of hydrogen-bond acceptors (Lipinski definition) is 2. The van der Waals surface area contributed by atoms with Crippen LogP contribution in [-0.4, -0.2) is 10.2 Å². The zero-order valence-corrected chi connectivity index (χ0v) is 5.43. The van der Waals surface area contributed by atoms with Crippen molar-refractivity contribution >= 4 is 0 Å². The lowest BCUT2D eigenvalue weighted by atomic mass is 9.97. The molecule has 2 fully saturated rings. The molecule has 0 bridgehead atoms. The van der Waals surface area contributed by atoms with Gasteiger partial charge in [0.15, 0.2) is 0 Å². The first-order chi connectivity index (χ1) is 4.29. The van der Waals surface area contributed by atoms with E-state index >= 15 is 0 Å². The van der Waals surface area contributed by atoms with Gasteiger partial charge in [0.05, 0.1) is 12.2 Å². The van der Waals surface area contributed by atoms with E-state index in [1.807, 2.05) is 0 Å². The fraction of sp³-hybridized carbons (Fsp3) is 0.714. The Kier molecular flexibility index (Phi) is 2.49. The minimum Gasteiger partial charge on any atom is -0.387 e. The minimum absolute atomic E-state index is 0.667. The van der Waals surface area contributed by atoms with Crippen LogP contribution in [0.3, 0.4) is 0 Å². The zero-order valence-electron chi connectivity index (χ0n) is 5.43. The van der Waals surface area contributed by atoms with E-state index in [0.717, 1.165) is 25.7 Å². The molecule has 0 spiro atoms.